The largest absolute Gasteiger partial charge is 0.418 e. The van der Waals surface area contributed by atoms with E-state index in [4.69, 9.17) is 0 Å². The van der Waals surface area contributed by atoms with Gasteiger partial charge in [0.25, 0.3) is 0 Å². The molecule has 0 amide bonds. The number of anilines is 1. The number of nitrogens with zero attached hydrogens (tertiary/aromatic N) is 2. The number of nitrogens with one attached hydrogen (secondary N) is 1. The number of rotatable bonds is 2. The second-order valence-corrected chi connectivity index (χ2v) is 6.65. The van der Waals surface area contributed by atoms with Crippen molar-refractivity contribution in [2.24, 2.45) is 0 Å². The summed E-state index contributed by atoms with van der Waals surface area (Å²) in [6.45, 7) is 0.765. The van der Waals surface area contributed by atoms with Crippen LogP contribution in [0.4, 0.5) is 19.0 Å². The van der Waals surface area contributed by atoms with E-state index in [-0.39, 0.29) is 5.69 Å². The lowest BCUT2D eigenvalue weighted by Crippen LogP contribution is -2.14. The highest BCUT2D eigenvalue weighted by atomic mass is 19.4. The maximum atomic E-state index is 13.4. The Morgan fingerprint density at radius 2 is 1.83 bits per heavy atom. The Labute approximate surface area is 138 Å². The fourth-order valence-electron chi connectivity index (χ4n) is 3.98. The predicted molar refractivity (Wildman–Crippen MR) is 86.6 cm³/mol. The Bertz CT molecular complexity index is 742. The number of alkyl halides is 3. The van der Waals surface area contributed by atoms with Gasteiger partial charge in [0.15, 0.2) is 0 Å². The maximum absolute atomic E-state index is 13.4. The molecular weight excluding hydrogens is 315 g/mol. The Hall–Kier alpha value is -1.98. The summed E-state index contributed by atoms with van der Waals surface area (Å²) in [6.07, 6.45) is 2.23. The molecule has 2 aliphatic rings. The topological polar surface area (TPSA) is 29.9 Å². The third-order valence-electron chi connectivity index (χ3n) is 5.11. The van der Waals surface area contributed by atoms with Crippen LogP contribution < -0.4 is 5.32 Å². The van der Waals surface area contributed by atoms with Crippen LogP contribution in [-0.2, 0) is 12.6 Å². The van der Waals surface area contributed by atoms with Crippen LogP contribution in [0.25, 0.3) is 5.69 Å². The van der Waals surface area contributed by atoms with Crippen molar-refractivity contribution in [1.29, 1.82) is 0 Å². The lowest BCUT2D eigenvalue weighted by Gasteiger charge is -2.20. The molecule has 4 rings (SSSR count). The monoisotopic (exact) mass is 335 g/mol. The van der Waals surface area contributed by atoms with E-state index < -0.39 is 11.7 Å². The summed E-state index contributed by atoms with van der Waals surface area (Å²) in [5.74, 6) is 1.12. The van der Waals surface area contributed by atoms with Gasteiger partial charge in [0, 0.05) is 18.0 Å². The van der Waals surface area contributed by atoms with Gasteiger partial charge in [-0.25, -0.2) is 4.68 Å². The molecule has 1 aliphatic carbocycles. The Morgan fingerprint density at radius 3 is 2.58 bits per heavy atom. The first-order valence-corrected chi connectivity index (χ1v) is 8.58. The summed E-state index contributed by atoms with van der Waals surface area (Å²) in [5.41, 5.74) is 1.59. The van der Waals surface area contributed by atoms with E-state index in [0.717, 1.165) is 48.9 Å². The first-order valence-electron chi connectivity index (χ1n) is 8.58. The van der Waals surface area contributed by atoms with Gasteiger partial charge < -0.3 is 5.32 Å². The highest BCUT2D eigenvalue weighted by molar-refractivity contribution is 5.59. The smallest absolute Gasteiger partial charge is 0.369 e. The van der Waals surface area contributed by atoms with Crippen LogP contribution >= 0.6 is 0 Å². The minimum absolute atomic E-state index is 0.109. The van der Waals surface area contributed by atoms with Gasteiger partial charge in [0.1, 0.15) is 5.82 Å². The average Bonchev–Trinajstić information content (AvgIpc) is 3.17. The van der Waals surface area contributed by atoms with Crippen LogP contribution in [0.1, 0.15) is 54.8 Å². The van der Waals surface area contributed by atoms with Crippen LogP contribution in [0.15, 0.2) is 24.3 Å². The number of para-hydroxylation sites is 1. The third kappa shape index (κ3) is 2.58. The summed E-state index contributed by atoms with van der Waals surface area (Å²) >= 11 is 0. The number of benzene rings is 1. The van der Waals surface area contributed by atoms with Crippen molar-refractivity contribution in [2.75, 3.05) is 11.9 Å². The van der Waals surface area contributed by atoms with Crippen molar-refractivity contribution in [3.63, 3.8) is 0 Å². The molecule has 0 unspecified atom stereocenters. The number of halogens is 3. The normalized spacial score (nSPS) is 18.5. The molecule has 1 aromatic heterocycles. The fraction of sp³-hybridized carbons (Fsp3) is 0.500. The van der Waals surface area contributed by atoms with Gasteiger partial charge in [0.05, 0.1) is 16.9 Å². The number of hydrogen-bond acceptors (Lipinski definition) is 2. The van der Waals surface area contributed by atoms with Crippen molar-refractivity contribution < 1.29 is 13.2 Å². The lowest BCUT2D eigenvalue weighted by molar-refractivity contribution is -0.137. The molecule has 3 nitrogen and oxygen atoms in total. The van der Waals surface area contributed by atoms with Gasteiger partial charge in [-0.3, -0.25) is 0 Å². The Kier molecular flexibility index (Phi) is 3.77. The van der Waals surface area contributed by atoms with Gasteiger partial charge >= 0.3 is 6.18 Å². The van der Waals surface area contributed by atoms with Gasteiger partial charge in [0.2, 0.25) is 0 Å². The first kappa shape index (κ1) is 15.5. The Morgan fingerprint density at radius 1 is 1.08 bits per heavy atom. The van der Waals surface area contributed by atoms with E-state index in [0.29, 0.717) is 5.92 Å². The van der Waals surface area contributed by atoms with E-state index in [1.165, 1.54) is 36.1 Å². The zero-order chi connectivity index (χ0) is 16.7. The van der Waals surface area contributed by atoms with Crippen LogP contribution in [0.5, 0.6) is 0 Å². The standard InChI is InChI=1S/C18H20F3N3/c19-18(20,21)14-8-4-5-9-15(14)24-17-13(10-11-22-17)16(23-24)12-6-2-1-3-7-12/h4-5,8-9,12,22H,1-3,6-7,10-11H2. The summed E-state index contributed by atoms with van der Waals surface area (Å²) in [5, 5.41) is 7.89. The second-order valence-electron chi connectivity index (χ2n) is 6.65. The molecule has 1 aliphatic heterocycles. The van der Waals surface area contributed by atoms with E-state index >= 15 is 0 Å². The lowest BCUT2D eigenvalue weighted by atomic mass is 9.85. The van der Waals surface area contributed by atoms with E-state index in [1.54, 1.807) is 6.07 Å². The van der Waals surface area contributed by atoms with E-state index in [9.17, 15) is 13.2 Å². The zero-order valence-electron chi connectivity index (χ0n) is 13.4. The maximum Gasteiger partial charge on any atom is 0.418 e. The van der Waals surface area contributed by atoms with Gasteiger partial charge in [-0.1, -0.05) is 31.4 Å². The molecule has 0 bridgehead atoms. The van der Waals surface area contributed by atoms with Gasteiger partial charge in [-0.05, 0) is 31.4 Å². The number of fused-ring (bicyclic) bond motifs is 1. The summed E-state index contributed by atoms with van der Waals surface area (Å²) in [7, 11) is 0. The van der Waals surface area contributed by atoms with Crippen LogP contribution in [-0.4, -0.2) is 16.3 Å². The molecular formula is C18H20F3N3. The van der Waals surface area contributed by atoms with Crippen molar-refractivity contribution in [3.05, 3.63) is 41.1 Å². The molecule has 0 spiro atoms. The molecule has 2 heterocycles. The van der Waals surface area contributed by atoms with Crippen LogP contribution in [0, 0.1) is 0 Å². The van der Waals surface area contributed by atoms with Crippen LogP contribution in [0.3, 0.4) is 0 Å². The third-order valence-corrected chi connectivity index (χ3v) is 5.11. The highest BCUT2D eigenvalue weighted by Crippen LogP contribution is 2.41. The van der Waals surface area contributed by atoms with Gasteiger partial charge in [-0.2, -0.15) is 18.3 Å². The molecule has 0 radical (unpaired) electrons. The highest BCUT2D eigenvalue weighted by Gasteiger charge is 2.36. The molecule has 1 saturated carbocycles. The molecule has 6 heteroatoms. The second kappa shape index (κ2) is 5.83. The predicted octanol–water partition coefficient (Wildman–Crippen LogP) is 4.91. The van der Waals surface area contributed by atoms with Crippen molar-refractivity contribution in [2.45, 2.75) is 50.6 Å². The summed E-state index contributed by atoms with van der Waals surface area (Å²) in [4.78, 5) is 0. The zero-order valence-corrected chi connectivity index (χ0v) is 13.4. The first-order chi connectivity index (χ1) is 11.6. The van der Waals surface area contributed by atoms with E-state index in [2.05, 4.69) is 10.4 Å². The minimum Gasteiger partial charge on any atom is -0.369 e. The SMILES string of the molecule is FC(F)(F)c1ccccc1-n1nc(C2CCCCC2)c2c1NCC2. The van der Waals surface area contributed by atoms with Crippen molar-refractivity contribution in [3.8, 4) is 5.69 Å². The van der Waals surface area contributed by atoms with E-state index in [1.807, 2.05) is 0 Å². The molecule has 128 valence electrons. The van der Waals surface area contributed by atoms with Gasteiger partial charge in [-0.15, -0.1) is 0 Å². The Balaban J connectivity index is 1.83. The summed E-state index contributed by atoms with van der Waals surface area (Å²) in [6, 6.07) is 5.68. The summed E-state index contributed by atoms with van der Waals surface area (Å²) < 4.78 is 41.6. The fourth-order valence-corrected chi connectivity index (χ4v) is 3.98. The molecule has 0 atom stereocenters. The molecule has 1 fully saturated rings. The van der Waals surface area contributed by atoms with Crippen molar-refractivity contribution >= 4 is 5.82 Å². The van der Waals surface area contributed by atoms with Crippen molar-refractivity contribution in [1.82, 2.24) is 9.78 Å². The van der Waals surface area contributed by atoms with Crippen LogP contribution in [0.2, 0.25) is 0 Å². The molecule has 24 heavy (non-hydrogen) atoms. The quantitative estimate of drug-likeness (QED) is 0.845. The molecule has 1 aromatic carbocycles. The average molecular weight is 335 g/mol. The molecule has 2 aromatic rings. The minimum atomic E-state index is -4.39. The number of aromatic nitrogens is 2. The number of hydrogen-bond donors (Lipinski definition) is 1. The molecule has 0 saturated heterocycles. The molecule has 1 N–H and O–H groups in total.